The van der Waals surface area contributed by atoms with Gasteiger partial charge in [-0.2, -0.15) is 13.2 Å². The van der Waals surface area contributed by atoms with Gasteiger partial charge in [0.05, 0.1) is 0 Å². The van der Waals surface area contributed by atoms with Gasteiger partial charge in [-0.3, -0.25) is 0 Å². The van der Waals surface area contributed by atoms with Crippen LogP contribution in [0.3, 0.4) is 0 Å². The van der Waals surface area contributed by atoms with Crippen molar-refractivity contribution in [3.05, 3.63) is 33.8 Å². The molecule has 0 fully saturated rings. The average molecular weight is 301 g/mol. The summed E-state index contributed by atoms with van der Waals surface area (Å²) in [5, 5.41) is 4.70. The standard InChI is InChI=1S/C10H9Cl2F3N2O/c11-7-2-1-6(8(12)3-7)4-16-9(18)17-5-10(13,14)15/h1-3H,4-5H2,(H2,16,17,18). The lowest BCUT2D eigenvalue weighted by molar-refractivity contribution is -0.122. The van der Waals surface area contributed by atoms with Gasteiger partial charge in [-0.05, 0) is 17.7 Å². The predicted molar refractivity (Wildman–Crippen MR) is 62.8 cm³/mol. The van der Waals surface area contributed by atoms with Crippen LogP contribution in [0.1, 0.15) is 5.56 Å². The number of hydrogen-bond donors (Lipinski definition) is 2. The molecular formula is C10H9Cl2F3N2O. The number of carbonyl (C=O) groups is 1. The molecule has 1 aromatic rings. The lowest BCUT2D eigenvalue weighted by atomic mass is 10.2. The van der Waals surface area contributed by atoms with Gasteiger partial charge in [-0.1, -0.05) is 29.3 Å². The zero-order chi connectivity index (χ0) is 13.8. The molecule has 0 heterocycles. The van der Waals surface area contributed by atoms with Crippen molar-refractivity contribution in [3.63, 3.8) is 0 Å². The second-order valence-corrected chi connectivity index (χ2v) is 4.23. The molecule has 0 atom stereocenters. The number of alkyl halides is 3. The molecule has 0 aromatic heterocycles. The summed E-state index contributed by atoms with van der Waals surface area (Å²) in [4.78, 5) is 11.0. The molecule has 0 spiro atoms. The van der Waals surface area contributed by atoms with Crippen molar-refractivity contribution in [1.29, 1.82) is 0 Å². The molecule has 2 amide bonds. The first kappa shape index (κ1) is 14.9. The average Bonchev–Trinajstić information content (AvgIpc) is 2.24. The molecule has 18 heavy (non-hydrogen) atoms. The van der Waals surface area contributed by atoms with Crippen molar-refractivity contribution in [2.45, 2.75) is 12.7 Å². The number of rotatable bonds is 3. The fourth-order valence-corrected chi connectivity index (χ4v) is 1.56. The first-order chi connectivity index (χ1) is 8.28. The molecule has 0 aliphatic heterocycles. The van der Waals surface area contributed by atoms with Crippen molar-refractivity contribution in [2.75, 3.05) is 6.54 Å². The number of benzene rings is 1. The summed E-state index contributed by atoms with van der Waals surface area (Å²) in [6, 6.07) is 3.71. The highest BCUT2D eigenvalue weighted by atomic mass is 35.5. The summed E-state index contributed by atoms with van der Waals surface area (Å²) in [5.41, 5.74) is 0.559. The van der Waals surface area contributed by atoms with Crippen LogP contribution >= 0.6 is 23.2 Å². The Bertz CT molecular complexity index is 438. The van der Waals surface area contributed by atoms with Crippen LogP contribution in [0.5, 0.6) is 0 Å². The fourth-order valence-electron chi connectivity index (χ4n) is 1.08. The van der Waals surface area contributed by atoms with Crippen LogP contribution in [0.15, 0.2) is 18.2 Å². The Kier molecular flexibility index (Phi) is 5.10. The van der Waals surface area contributed by atoms with Crippen molar-refractivity contribution >= 4 is 29.2 Å². The van der Waals surface area contributed by atoms with Gasteiger partial charge >= 0.3 is 12.2 Å². The zero-order valence-corrected chi connectivity index (χ0v) is 10.5. The summed E-state index contributed by atoms with van der Waals surface area (Å²) < 4.78 is 35.4. The van der Waals surface area contributed by atoms with Crippen LogP contribution < -0.4 is 10.6 Å². The van der Waals surface area contributed by atoms with E-state index in [1.54, 1.807) is 17.4 Å². The number of amides is 2. The second-order valence-electron chi connectivity index (χ2n) is 3.39. The van der Waals surface area contributed by atoms with E-state index in [0.717, 1.165) is 0 Å². The van der Waals surface area contributed by atoms with E-state index in [9.17, 15) is 18.0 Å². The van der Waals surface area contributed by atoms with E-state index in [2.05, 4.69) is 5.32 Å². The van der Waals surface area contributed by atoms with Gasteiger partial charge in [-0.25, -0.2) is 4.79 Å². The molecule has 0 saturated heterocycles. The molecule has 1 rings (SSSR count). The lowest BCUT2D eigenvalue weighted by Crippen LogP contribution is -2.40. The maximum Gasteiger partial charge on any atom is 0.405 e. The molecular weight excluding hydrogens is 292 g/mol. The highest BCUT2D eigenvalue weighted by Gasteiger charge is 2.27. The normalized spacial score (nSPS) is 11.2. The lowest BCUT2D eigenvalue weighted by Gasteiger charge is -2.10. The van der Waals surface area contributed by atoms with Crippen molar-refractivity contribution in [2.24, 2.45) is 0 Å². The SMILES string of the molecule is O=C(NCc1ccc(Cl)cc1Cl)NCC(F)(F)F. The maximum atomic E-state index is 11.8. The Morgan fingerprint density at radius 3 is 2.44 bits per heavy atom. The number of nitrogens with one attached hydrogen (secondary N) is 2. The Labute approximate surface area is 111 Å². The van der Waals surface area contributed by atoms with Crippen LogP contribution in [0.2, 0.25) is 10.0 Å². The second kappa shape index (κ2) is 6.15. The first-order valence-electron chi connectivity index (χ1n) is 4.80. The number of hydrogen-bond acceptors (Lipinski definition) is 1. The van der Waals surface area contributed by atoms with Crippen molar-refractivity contribution < 1.29 is 18.0 Å². The van der Waals surface area contributed by atoms with Crippen LogP contribution in [-0.4, -0.2) is 18.8 Å². The van der Waals surface area contributed by atoms with Gasteiger partial charge in [0.25, 0.3) is 0 Å². The molecule has 100 valence electrons. The van der Waals surface area contributed by atoms with Crippen molar-refractivity contribution in [3.8, 4) is 0 Å². The van der Waals surface area contributed by atoms with E-state index >= 15 is 0 Å². The minimum Gasteiger partial charge on any atom is -0.334 e. The van der Waals surface area contributed by atoms with Crippen molar-refractivity contribution in [1.82, 2.24) is 10.6 Å². The van der Waals surface area contributed by atoms with Gasteiger partial charge in [0.2, 0.25) is 0 Å². The molecule has 3 nitrogen and oxygen atoms in total. The molecule has 1 aromatic carbocycles. The summed E-state index contributed by atoms with van der Waals surface area (Å²) in [6.45, 7) is -1.37. The van der Waals surface area contributed by atoms with Crippen LogP contribution in [0, 0.1) is 0 Å². The summed E-state index contributed by atoms with van der Waals surface area (Å²) in [7, 11) is 0. The number of carbonyl (C=O) groups excluding carboxylic acids is 1. The summed E-state index contributed by atoms with van der Waals surface area (Å²) in [6.07, 6.45) is -4.44. The quantitative estimate of drug-likeness (QED) is 0.883. The molecule has 0 saturated carbocycles. The smallest absolute Gasteiger partial charge is 0.334 e. The van der Waals surface area contributed by atoms with E-state index in [1.807, 2.05) is 0 Å². The molecule has 0 aliphatic carbocycles. The minimum absolute atomic E-state index is 0.0136. The molecule has 0 bridgehead atoms. The zero-order valence-electron chi connectivity index (χ0n) is 8.94. The highest BCUT2D eigenvalue weighted by molar-refractivity contribution is 6.35. The minimum atomic E-state index is -4.44. The number of halogens is 5. The van der Waals surface area contributed by atoms with Gasteiger partial charge < -0.3 is 10.6 Å². The Morgan fingerprint density at radius 2 is 1.89 bits per heavy atom. The third kappa shape index (κ3) is 5.46. The van der Waals surface area contributed by atoms with E-state index < -0.39 is 18.8 Å². The molecule has 0 radical (unpaired) electrons. The predicted octanol–water partition coefficient (Wildman–Crippen LogP) is 3.35. The van der Waals surface area contributed by atoms with E-state index in [4.69, 9.17) is 23.2 Å². The van der Waals surface area contributed by atoms with E-state index in [-0.39, 0.29) is 6.54 Å². The first-order valence-corrected chi connectivity index (χ1v) is 5.56. The third-order valence-corrected chi connectivity index (χ3v) is 2.49. The molecule has 0 unspecified atom stereocenters. The van der Waals surface area contributed by atoms with Crippen LogP contribution in [0.4, 0.5) is 18.0 Å². The Morgan fingerprint density at radius 1 is 1.22 bits per heavy atom. The highest BCUT2D eigenvalue weighted by Crippen LogP contribution is 2.20. The van der Waals surface area contributed by atoms with E-state index in [0.29, 0.717) is 15.6 Å². The Balaban J connectivity index is 2.43. The number of urea groups is 1. The summed E-state index contributed by atoms with van der Waals surface area (Å²) >= 11 is 11.5. The largest absolute Gasteiger partial charge is 0.405 e. The third-order valence-electron chi connectivity index (χ3n) is 1.90. The maximum absolute atomic E-state index is 11.8. The van der Waals surface area contributed by atoms with Gasteiger partial charge in [-0.15, -0.1) is 0 Å². The van der Waals surface area contributed by atoms with Gasteiger partial charge in [0, 0.05) is 16.6 Å². The van der Waals surface area contributed by atoms with Gasteiger partial charge in [0.15, 0.2) is 0 Å². The Hall–Kier alpha value is -1.14. The summed E-state index contributed by atoms with van der Waals surface area (Å²) in [5.74, 6) is 0. The van der Waals surface area contributed by atoms with Crippen LogP contribution in [-0.2, 0) is 6.54 Å². The molecule has 8 heteroatoms. The topological polar surface area (TPSA) is 41.1 Å². The van der Waals surface area contributed by atoms with Crippen LogP contribution in [0.25, 0.3) is 0 Å². The monoisotopic (exact) mass is 300 g/mol. The van der Waals surface area contributed by atoms with Gasteiger partial charge in [0.1, 0.15) is 6.54 Å². The fraction of sp³-hybridized carbons (Fsp3) is 0.300. The molecule has 2 N–H and O–H groups in total. The molecule has 0 aliphatic rings. The van der Waals surface area contributed by atoms with E-state index in [1.165, 1.54) is 6.07 Å².